The summed E-state index contributed by atoms with van der Waals surface area (Å²) >= 11 is 0. The lowest BCUT2D eigenvalue weighted by atomic mass is 10.2. The monoisotopic (exact) mass is 434 g/mol. The molecule has 0 radical (unpaired) electrons. The fraction of sp³-hybridized carbons (Fsp3) is 0.450. The van der Waals surface area contributed by atoms with Crippen LogP contribution in [0.15, 0.2) is 41.8 Å². The Hall–Kier alpha value is -2.72. The third kappa shape index (κ3) is 5.45. The van der Waals surface area contributed by atoms with Crippen molar-refractivity contribution in [1.82, 2.24) is 13.9 Å². The second-order valence-corrected chi connectivity index (χ2v) is 8.94. The molecule has 2 heterocycles. The number of carbonyl (C=O) groups is 2. The van der Waals surface area contributed by atoms with Crippen molar-refractivity contribution in [3.8, 4) is 0 Å². The van der Waals surface area contributed by atoms with Crippen molar-refractivity contribution in [3.63, 3.8) is 0 Å². The lowest BCUT2D eigenvalue weighted by Gasteiger charge is -2.18. The molecule has 1 aromatic heterocycles. The van der Waals surface area contributed by atoms with Crippen molar-refractivity contribution in [2.24, 2.45) is 0 Å². The standard InChI is InChI=1S/C20H26N4O5S/c1-2-29-20(26)16-8-7-9-17(12-16)22-18(25)13-23-14-19(21-15-23)30(27,28)24-10-5-3-4-6-11-24/h7-9,12,14-15H,2-6,10-11,13H2,1H3,(H,22,25). The third-order valence-corrected chi connectivity index (χ3v) is 6.55. The molecule has 30 heavy (non-hydrogen) atoms. The van der Waals surface area contributed by atoms with Crippen LogP contribution >= 0.6 is 0 Å². The molecular weight excluding hydrogens is 408 g/mol. The first-order valence-corrected chi connectivity index (χ1v) is 11.4. The van der Waals surface area contributed by atoms with Gasteiger partial charge in [0.15, 0.2) is 5.03 Å². The van der Waals surface area contributed by atoms with Crippen molar-refractivity contribution in [2.45, 2.75) is 44.2 Å². The second-order valence-electron chi connectivity index (χ2n) is 7.05. The van der Waals surface area contributed by atoms with E-state index in [2.05, 4.69) is 10.3 Å². The van der Waals surface area contributed by atoms with Crippen LogP contribution < -0.4 is 5.32 Å². The molecule has 10 heteroatoms. The zero-order valence-electron chi connectivity index (χ0n) is 16.9. The first kappa shape index (κ1) is 22.0. The molecule has 1 saturated heterocycles. The summed E-state index contributed by atoms with van der Waals surface area (Å²) in [6, 6.07) is 6.43. The molecule has 0 unspecified atom stereocenters. The number of anilines is 1. The van der Waals surface area contributed by atoms with E-state index in [9.17, 15) is 18.0 Å². The maximum Gasteiger partial charge on any atom is 0.338 e. The van der Waals surface area contributed by atoms with Gasteiger partial charge in [0.1, 0.15) is 6.54 Å². The molecular formula is C20H26N4O5S. The number of benzene rings is 1. The van der Waals surface area contributed by atoms with Crippen LogP contribution in [0.25, 0.3) is 0 Å². The van der Waals surface area contributed by atoms with Crippen molar-refractivity contribution < 1.29 is 22.7 Å². The highest BCUT2D eigenvalue weighted by atomic mass is 32.2. The van der Waals surface area contributed by atoms with Crippen LogP contribution in [0.3, 0.4) is 0 Å². The normalized spacial score (nSPS) is 15.4. The Balaban J connectivity index is 1.64. The Morgan fingerprint density at radius 3 is 2.60 bits per heavy atom. The van der Waals surface area contributed by atoms with Gasteiger partial charge in [0.05, 0.1) is 18.5 Å². The lowest BCUT2D eigenvalue weighted by molar-refractivity contribution is -0.116. The zero-order valence-corrected chi connectivity index (χ0v) is 17.7. The largest absolute Gasteiger partial charge is 0.462 e. The molecule has 1 N–H and O–H groups in total. The number of hydrogen-bond donors (Lipinski definition) is 1. The average Bonchev–Trinajstić information content (AvgIpc) is 3.01. The first-order chi connectivity index (χ1) is 14.4. The highest BCUT2D eigenvalue weighted by molar-refractivity contribution is 7.89. The number of hydrogen-bond acceptors (Lipinski definition) is 6. The molecule has 3 rings (SSSR count). The van der Waals surface area contributed by atoms with E-state index in [0.717, 1.165) is 25.7 Å². The number of ether oxygens (including phenoxy) is 1. The van der Waals surface area contributed by atoms with Gasteiger partial charge >= 0.3 is 5.97 Å². The molecule has 1 aliphatic rings. The van der Waals surface area contributed by atoms with Gasteiger partial charge in [-0.05, 0) is 38.0 Å². The average molecular weight is 435 g/mol. The number of aromatic nitrogens is 2. The minimum Gasteiger partial charge on any atom is -0.462 e. The van der Waals surface area contributed by atoms with E-state index in [0.29, 0.717) is 24.3 Å². The van der Waals surface area contributed by atoms with Crippen LogP contribution in [0.5, 0.6) is 0 Å². The van der Waals surface area contributed by atoms with Gasteiger partial charge in [-0.2, -0.15) is 4.31 Å². The Kier molecular flexibility index (Phi) is 7.22. The summed E-state index contributed by atoms with van der Waals surface area (Å²) in [7, 11) is -3.66. The molecule has 2 aromatic rings. The van der Waals surface area contributed by atoms with Crippen molar-refractivity contribution >= 4 is 27.6 Å². The van der Waals surface area contributed by atoms with Crippen LogP contribution in [0, 0.1) is 0 Å². The number of nitrogens with zero attached hydrogens (tertiary/aromatic N) is 3. The number of esters is 1. The van der Waals surface area contributed by atoms with Gasteiger partial charge in [-0.15, -0.1) is 0 Å². The minimum absolute atomic E-state index is 0.0542. The smallest absolute Gasteiger partial charge is 0.338 e. The molecule has 9 nitrogen and oxygen atoms in total. The van der Waals surface area contributed by atoms with Crippen LogP contribution in [0.1, 0.15) is 43.0 Å². The van der Waals surface area contributed by atoms with E-state index in [-0.39, 0.29) is 24.1 Å². The van der Waals surface area contributed by atoms with Crippen molar-refractivity contribution in [2.75, 3.05) is 25.0 Å². The molecule has 0 saturated carbocycles. The Bertz CT molecular complexity index is 994. The summed E-state index contributed by atoms with van der Waals surface area (Å²) in [4.78, 5) is 28.2. The van der Waals surface area contributed by atoms with Gasteiger partial charge in [-0.1, -0.05) is 18.9 Å². The van der Waals surface area contributed by atoms with Gasteiger partial charge in [0.25, 0.3) is 10.0 Å². The van der Waals surface area contributed by atoms with E-state index in [1.165, 1.54) is 27.5 Å². The lowest BCUT2D eigenvalue weighted by Crippen LogP contribution is -2.32. The topological polar surface area (TPSA) is 111 Å². The predicted octanol–water partition coefficient (Wildman–Crippen LogP) is 2.26. The molecule has 1 aromatic carbocycles. The third-order valence-electron chi connectivity index (χ3n) is 4.76. The maximum atomic E-state index is 12.8. The van der Waals surface area contributed by atoms with Crippen molar-refractivity contribution in [3.05, 3.63) is 42.4 Å². The number of imidazole rings is 1. The van der Waals surface area contributed by atoms with Crippen molar-refractivity contribution in [1.29, 1.82) is 0 Å². The van der Waals surface area contributed by atoms with Crippen LogP contribution in [-0.2, 0) is 26.1 Å². The molecule has 0 aliphatic carbocycles. The number of sulfonamides is 1. The van der Waals surface area contributed by atoms with Crippen LogP contribution in [-0.4, -0.2) is 53.8 Å². The fourth-order valence-electron chi connectivity index (χ4n) is 3.28. The highest BCUT2D eigenvalue weighted by Crippen LogP contribution is 2.19. The van der Waals surface area contributed by atoms with Gasteiger partial charge in [-0.3, -0.25) is 4.79 Å². The molecule has 0 atom stereocenters. The summed E-state index contributed by atoms with van der Waals surface area (Å²) in [5.74, 6) is -0.835. The van der Waals surface area contributed by atoms with E-state index in [1.807, 2.05) is 0 Å². The van der Waals surface area contributed by atoms with Gasteiger partial charge in [0, 0.05) is 25.0 Å². The van der Waals surface area contributed by atoms with Gasteiger partial charge < -0.3 is 14.6 Å². The Labute approximate surface area is 176 Å². The molecule has 0 bridgehead atoms. The van der Waals surface area contributed by atoms with E-state index < -0.39 is 16.0 Å². The second kappa shape index (κ2) is 9.86. The fourth-order valence-corrected chi connectivity index (χ4v) is 4.73. The number of nitrogens with one attached hydrogen (secondary N) is 1. The predicted molar refractivity (Wildman–Crippen MR) is 110 cm³/mol. The molecule has 1 amide bonds. The maximum absolute atomic E-state index is 12.8. The summed E-state index contributed by atoms with van der Waals surface area (Å²) in [5.41, 5.74) is 0.784. The van der Waals surface area contributed by atoms with E-state index in [4.69, 9.17) is 4.74 Å². The summed E-state index contributed by atoms with van der Waals surface area (Å²) in [6.45, 7) is 2.86. The molecule has 0 spiro atoms. The molecule has 162 valence electrons. The Morgan fingerprint density at radius 2 is 1.90 bits per heavy atom. The van der Waals surface area contributed by atoms with Crippen LogP contribution in [0.2, 0.25) is 0 Å². The number of carbonyl (C=O) groups excluding carboxylic acids is 2. The highest BCUT2D eigenvalue weighted by Gasteiger charge is 2.27. The number of amides is 1. The quantitative estimate of drug-likeness (QED) is 0.669. The molecule has 1 fully saturated rings. The number of rotatable bonds is 7. The zero-order chi connectivity index (χ0) is 21.6. The summed E-state index contributed by atoms with van der Waals surface area (Å²) in [5, 5.41) is 2.64. The Morgan fingerprint density at radius 1 is 1.17 bits per heavy atom. The van der Waals surface area contributed by atoms with E-state index in [1.54, 1.807) is 25.1 Å². The molecule has 1 aliphatic heterocycles. The first-order valence-electron chi connectivity index (χ1n) is 9.99. The minimum atomic E-state index is -3.66. The van der Waals surface area contributed by atoms with Crippen LogP contribution in [0.4, 0.5) is 5.69 Å². The van der Waals surface area contributed by atoms with E-state index >= 15 is 0 Å². The van der Waals surface area contributed by atoms with Gasteiger partial charge in [0.2, 0.25) is 5.91 Å². The summed E-state index contributed by atoms with van der Waals surface area (Å²) in [6.07, 6.45) is 6.44. The SMILES string of the molecule is CCOC(=O)c1cccc(NC(=O)Cn2cnc(S(=O)(=O)N3CCCCCC3)c2)c1. The van der Waals surface area contributed by atoms with Gasteiger partial charge in [-0.25, -0.2) is 18.2 Å². The summed E-state index contributed by atoms with van der Waals surface area (Å²) < 4.78 is 33.4.